The van der Waals surface area contributed by atoms with Gasteiger partial charge < -0.3 is 9.80 Å². The molecule has 1 aliphatic rings. The van der Waals surface area contributed by atoms with Crippen molar-refractivity contribution in [2.24, 2.45) is 5.92 Å². The first kappa shape index (κ1) is 18.8. The Hall–Kier alpha value is -1.96. The van der Waals surface area contributed by atoms with Crippen LogP contribution in [0.15, 0.2) is 48.5 Å². The summed E-state index contributed by atoms with van der Waals surface area (Å²) in [6, 6.07) is 18.5. The summed E-state index contributed by atoms with van der Waals surface area (Å²) in [5, 5.41) is 0. The Kier molecular flexibility index (Phi) is 6.24. The first-order valence-electron chi connectivity index (χ1n) is 10.1. The van der Waals surface area contributed by atoms with E-state index in [0.29, 0.717) is 5.92 Å². The minimum Gasteiger partial charge on any atom is -0.378 e. The van der Waals surface area contributed by atoms with Gasteiger partial charge in [0.15, 0.2) is 0 Å². The number of hydrogen-bond donors (Lipinski definition) is 0. The van der Waals surface area contributed by atoms with E-state index in [2.05, 4.69) is 86.5 Å². The highest BCUT2D eigenvalue weighted by atomic mass is 15.1. The minimum atomic E-state index is 0.514. The molecule has 1 fully saturated rings. The van der Waals surface area contributed by atoms with Gasteiger partial charge >= 0.3 is 0 Å². The van der Waals surface area contributed by atoms with Crippen LogP contribution in [0.4, 0.5) is 11.4 Å². The summed E-state index contributed by atoms with van der Waals surface area (Å²) in [4.78, 5) is 4.35. The van der Waals surface area contributed by atoms with Gasteiger partial charge in [0.2, 0.25) is 0 Å². The van der Waals surface area contributed by atoms with Crippen molar-refractivity contribution in [3.63, 3.8) is 0 Å². The molecule has 140 valence electrons. The molecular formula is C24H34N2. The van der Waals surface area contributed by atoms with Crippen LogP contribution in [0.3, 0.4) is 0 Å². The summed E-state index contributed by atoms with van der Waals surface area (Å²) in [6.07, 6.45) is 8.29. The maximum atomic E-state index is 2.35. The van der Waals surface area contributed by atoms with Gasteiger partial charge in [-0.25, -0.2) is 0 Å². The zero-order valence-electron chi connectivity index (χ0n) is 16.9. The SMILES string of the molecule is CN(C)c1ccc(C(c2ccc(N(C)C)cc2)C2CCCCCC2)cc1. The number of anilines is 2. The molecule has 0 radical (unpaired) electrons. The van der Waals surface area contributed by atoms with Gasteiger partial charge in [0.25, 0.3) is 0 Å². The van der Waals surface area contributed by atoms with E-state index in [-0.39, 0.29) is 0 Å². The minimum absolute atomic E-state index is 0.514. The molecular weight excluding hydrogens is 316 g/mol. The lowest BCUT2D eigenvalue weighted by atomic mass is 9.77. The highest BCUT2D eigenvalue weighted by molar-refractivity contribution is 5.50. The van der Waals surface area contributed by atoms with Gasteiger partial charge in [-0.2, -0.15) is 0 Å². The zero-order valence-corrected chi connectivity index (χ0v) is 16.9. The number of rotatable bonds is 5. The molecule has 0 spiro atoms. The molecule has 0 amide bonds. The molecule has 1 saturated carbocycles. The fourth-order valence-corrected chi connectivity index (χ4v) is 4.34. The third-order valence-corrected chi connectivity index (χ3v) is 5.91. The van der Waals surface area contributed by atoms with Gasteiger partial charge in [0.05, 0.1) is 0 Å². The third-order valence-electron chi connectivity index (χ3n) is 5.91. The van der Waals surface area contributed by atoms with Crippen LogP contribution in [0.2, 0.25) is 0 Å². The van der Waals surface area contributed by atoms with Crippen molar-refractivity contribution in [3.8, 4) is 0 Å². The first-order chi connectivity index (χ1) is 12.6. The van der Waals surface area contributed by atoms with Crippen molar-refractivity contribution in [2.75, 3.05) is 38.0 Å². The van der Waals surface area contributed by atoms with E-state index >= 15 is 0 Å². The summed E-state index contributed by atoms with van der Waals surface area (Å²) in [6.45, 7) is 0. The molecule has 0 atom stereocenters. The summed E-state index contributed by atoms with van der Waals surface area (Å²) in [7, 11) is 8.44. The van der Waals surface area contributed by atoms with E-state index in [1.807, 2.05) is 0 Å². The van der Waals surface area contributed by atoms with Crippen LogP contribution >= 0.6 is 0 Å². The van der Waals surface area contributed by atoms with Gasteiger partial charge in [0.1, 0.15) is 0 Å². The molecule has 2 aromatic rings. The molecule has 0 bridgehead atoms. The maximum absolute atomic E-state index is 2.35. The Morgan fingerprint density at radius 2 is 1.00 bits per heavy atom. The molecule has 2 aromatic carbocycles. The van der Waals surface area contributed by atoms with Gasteiger partial charge in [-0.3, -0.25) is 0 Å². The normalized spacial score (nSPS) is 15.7. The smallest absolute Gasteiger partial charge is 0.0361 e. The Balaban J connectivity index is 1.95. The summed E-state index contributed by atoms with van der Waals surface area (Å²) in [5.41, 5.74) is 5.49. The average molecular weight is 351 g/mol. The molecule has 0 unspecified atom stereocenters. The standard InChI is InChI=1S/C24H34N2/c1-25(2)22-15-11-20(12-16-22)24(19-9-7-5-6-8-10-19)21-13-17-23(18-14-21)26(3)4/h11-19,24H,5-10H2,1-4H3. The molecule has 0 heterocycles. The molecule has 1 aliphatic carbocycles. The number of hydrogen-bond acceptors (Lipinski definition) is 2. The van der Waals surface area contributed by atoms with E-state index in [1.54, 1.807) is 0 Å². The van der Waals surface area contributed by atoms with Gasteiger partial charge in [-0.1, -0.05) is 49.9 Å². The summed E-state index contributed by atoms with van der Waals surface area (Å²) >= 11 is 0. The Morgan fingerprint density at radius 1 is 0.615 bits per heavy atom. The van der Waals surface area contributed by atoms with Crippen molar-refractivity contribution in [2.45, 2.75) is 44.4 Å². The van der Waals surface area contributed by atoms with Crippen LogP contribution in [0, 0.1) is 5.92 Å². The van der Waals surface area contributed by atoms with E-state index in [1.165, 1.54) is 61.0 Å². The lowest BCUT2D eigenvalue weighted by Crippen LogP contribution is -2.15. The van der Waals surface area contributed by atoms with E-state index < -0.39 is 0 Å². The van der Waals surface area contributed by atoms with Gasteiger partial charge in [-0.05, 0) is 54.2 Å². The fraction of sp³-hybridized carbons (Fsp3) is 0.500. The summed E-state index contributed by atoms with van der Waals surface area (Å²) in [5.74, 6) is 1.27. The number of benzene rings is 2. The van der Waals surface area contributed by atoms with E-state index in [9.17, 15) is 0 Å². The predicted molar refractivity (Wildman–Crippen MR) is 115 cm³/mol. The molecule has 2 heteroatoms. The van der Waals surface area contributed by atoms with Crippen LogP contribution in [0.25, 0.3) is 0 Å². The van der Waals surface area contributed by atoms with Crippen molar-refractivity contribution in [1.82, 2.24) is 0 Å². The molecule has 0 aliphatic heterocycles. The van der Waals surface area contributed by atoms with Gasteiger partial charge in [0, 0.05) is 45.5 Å². The quantitative estimate of drug-likeness (QED) is 0.617. The average Bonchev–Trinajstić information content (AvgIpc) is 2.92. The molecule has 2 nitrogen and oxygen atoms in total. The highest BCUT2D eigenvalue weighted by Crippen LogP contribution is 2.40. The van der Waals surface area contributed by atoms with Gasteiger partial charge in [-0.15, -0.1) is 0 Å². The third kappa shape index (κ3) is 4.41. The van der Waals surface area contributed by atoms with Crippen LogP contribution in [0.5, 0.6) is 0 Å². The Bertz CT molecular complexity index is 611. The fourth-order valence-electron chi connectivity index (χ4n) is 4.34. The lowest BCUT2D eigenvalue weighted by Gasteiger charge is -2.28. The topological polar surface area (TPSA) is 6.48 Å². The second-order valence-corrected chi connectivity index (χ2v) is 8.20. The van der Waals surface area contributed by atoms with Crippen LogP contribution < -0.4 is 9.80 Å². The van der Waals surface area contributed by atoms with E-state index in [4.69, 9.17) is 0 Å². The molecule has 0 saturated heterocycles. The Morgan fingerprint density at radius 3 is 1.35 bits per heavy atom. The second-order valence-electron chi connectivity index (χ2n) is 8.20. The van der Waals surface area contributed by atoms with Crippen molar-refractivity contribution in [3.05, 3.63) is 59.7 Å². The van der Waals surface area contributed by atoms with Crippen LogP contribution in [-0.4, -0.2) is 28.2 Å². The predicted octanol–water partition coefficient (Wildman–Crippen LogP) is 5.92. The molecule has 26 heavy (non-hydrogen) atoms. The largest absolute Gasteiger partial charge is 0.378 e. The first-order valence-corrected chi connectivity index (χ1v) is 10.1. The lowest BCUT2D eigenvalue weighted by molar-refractivity contribution is 0.412. The zero-order chi connectivity index (χ0) is 18.5. The van der Waals surface area contributed by atoms with Crippen LogP contribution in [-0.2, 0) is 0 Å². The van der Waals surface area contributed by atoms with Crippen molar-refractivity contribution < 1.29 is 0 Å². The van der Waals surface area contributed by atoms with Crippen molar-refractivity contribution in [1.29, 1.82) is 0 Å². The molecule has 3 rings (SSSR count). The second kappa shape index (κ2) is 8.62. The molecule has 0 aromatic heterocycles. The van der Waals surface area contributed by atoms with E-state index in [0.717, 1.165) is 5.92 Å². The van der Waals surface area contributed by atoms with Crippen molar-refractivity contribution >= 4 is 11.4 Å². The molecule has 0 N–H and O–H groups in total. The van der Waals surface area contributed by atoms with Crippen LogP contribution in [0.1, 0.15) is 55.6 Å². The summed E-state index contributed by atoms with van der Waals surface area (Å²) < 4.78 is 0. The monoisotopic (exact) mass is 350 g/mol. The Labute approximate surface area is 159 Å². The maximum Gasteiger partial charge on any atom is 0.0361 e. The highest BCUT2D eigenvalue weighted by Gasteiger charge is 2.26. The number of nitrogens with zero attached hydrogens (tertiary/aromatic N) is 2.